The van der Waals surface area contributed by atoms with Crippen LogP contribution in [0.3, 0.4) is 0 Å². The van der Waals surface area contributed by atoms with E-state index in [9.17, 15) is 4.79 Å². The zero-order valence-electron chi connectivity index (χ0n) is 6.02. The summed E-state index contributed by atoms with van der Waals surface area (Å²) in [6.45, 7) is 3.07. The topological polar surface area (TPSA) is 38.3 Å². The number of hydrogen-bond donors (Lipinski definition) is 1. The van der Waals surface area contributed by atoms with Gasteiger partial charge in [0.25, 0.3) is 0 Å². The Morgan fingerprint density at radius 2 is 2.40 bits per heavy atom. The number of halogens is 1. The van der Waals surface area contributed by atoms with E-state index in [-0.39, 0.29) is 5.97 Å². The molecule has 60 valence electrons. The van der Waals surface area contributed by atoms with Gasteiger partial charge >= 0.3 is 5.97 Å². The number of rotatable bonds is 5. The van der Waals surface area contributed by atoms with Crippen LogP contribution < -0.4 is 4.34 Å². The summed E-state index contributed by atoms with van der Waals surface area (Å²) in [5, 5.41) is 0. The third-order valence-corrected chi connectivity index (χ3v) is 1.35. The summed E-state index contributed by atoms with van der Waals surface area (Å²) < 4.78 is 7.48. The first kappa shape index (κ1) is 9.91. The first-order valence-electron chi connectivity index (χ1n) is 3.30. The quantitative estimate of drug-likeness (QED) is 0.421. The smallest absolute Gasteiger partial charge is 0.305 e. The Bertz CT molecular complexity index is 97.7. The van der Waals surface area contributed by atoms with Gasteiger partial charge in [0.2, 0.25) is 0 Å². The van der Waals surface area contributed by atoms with Crippen LogP contribution in [-0.4, -0.2) is 19.1 Å². The maximum atomic E-state index is 10.7. The van der Waals surface area contributed by atoms with Crippen molar-refractivity contribution in [2.24, 2.45) is 0 Å². The Hall–Kier alpha value is -0.0900. The summed E-state index contributed by atoms with van der Waals surface area (Å²) in [4.78, 5) is 10.7. The number of esters is 1. The SMILES string of the molecule is CCOC(=O)CCCNBr. The highest BCUT2D eigenvalue weighted by atomic mass is 79.9. The number of carbonyl (C=O) groups is 1. The highest BCUT2D eigenvalue weighted by Crippen LogP contribution is 1.91. The van der Waals surface area contributed by atoms with E-state index in [1.807, 2.05) is 0 Å². The molecule has 10 heavy (non-hydrogen) atoms. The van der Waals surface area contributed by atoms with Gasteiger partial charge in [-0.2, -0.15) is 0 Å². The maximum absolute atomic E-state index is 10.7. The normalized spacial score (nSPS) is 9.40. The molecule has 0 aliphatic rings. The maximum Gasteiger partial charge on any atom is 0.305 e. The lowest BCUT2D eigenvalue weighted by Crippen LogP contribution is -2.07. The third kappa shape index (κ3) is 6.04. The van der Waals surface area contributed by atoms with Crippen molar-refractivity contribution in [3.63, 3.8) is 0 Å². The summed E-state index contributed by atoms with van der Waals surface area (Å²) in [5.74, 6) is -0.120. The van der Waals surface area contributed by atoms with Crippen LogP contribution in [0.5, 0.6) is 0 Å². The highest BCUT2D eigenvalue weighted by Gasteiger charge is 1.98. The number of nitrogens with one attached hydrogen (secondary N) is 1. The first-order valence-corrected chi connectivity index (χ1v) is 4.09. The van der Waals surface area contributed by atoms with Crippen molar-refractivity contribution < 1.29 is 9.53 Å². The Morgan fingerprint density at radius 1 is 1.70 bits per heavy atom. The second kappa shape index (κ2) is 7.02. The van der Waals surface area contributed by atoms with E-state index in [0.717, 1.165) is 13.0 Å². The average Bonchev–Trinajstić information content (AvgIpc) is 1.89. The van der Waals surface area contributed by atoms with Crippen molar-refractivity contribution in [2.45, 2.75) is 19.8 Å². The molecule has 0 fully saturated rings. The van der Waals surface area contributed by atoms with Crippen molar-refractivity contribution in [1.82, 2.24) is 4.34 Å². The lowest BCUT2D eigenvalue weighted by atomic mass is 10.3. The summed E-state index contributed by atoms with van der Waals surface area (Å²) in [7, 11) is 0. The molecule has 3 nitrogen and oxygen atoms in total. The van der Waals surface area contributed by atoms with Crippen LogP contribution >= 0.6 is 16.1 Å². The molecule has 0 aromatic rings. The van der Waals surface area contributed by atoms with Crippen molar-refractivity contribution in [2.75, 3.05) is 13.2 Å². The van der Waals surface area contributed by atoms with Crippen LogP contribution in [0.1, 0.15) is 19.8 Å². The van der Waals surface area contributed by atoms with Gasteiger partial charge in [-0.1, -0.05) is 0 Å². The molecule has 0 aliphatic carbocycles. The number of carbonyl (C=O) groups excluding carboxylic acids is 1. The molecule has 0 aliphatic heterocycles. The van der Waals surface area contributed by atoms with Gasteiger partial charge < -0.3 is 4.74 Å². The second-order valence-corrected chi connectivity index (χ2v) is 2.35. The van der Waals surface area contributed by atoms with Gasteiger partial charge in [-0.15, -0.1) is 0 Å². The van der Waals surface area contributed by atoms with Crippen molar-refractivity contribution in [3.8, 4) is 0 Å². The fourth-order valence-corrected chi connectivity index (χ4v) is 0.813. The van der Waals surface area contributed by atoms with Crippen LogP contribution in [0.4, 0.5) is 0 Å². The molecule has 0 aromatic carbocycles. The molecule has 0 saturated carbocycles. The van der Waals surface area contributed by atoms with Crippen LogP contribution in [0.25, 0.3) is 0 Å². The summed E-state index contributed by atoms with van der Waals surface area (Å²) in [5.41, 5.74) is 0. The summed E-state index contributed by atoms with van der Waals surface area (Å²) in [6, 6.07) is 0. The van der Waals surface area contributed by atoms with Crippen LogP contribution in [0.2, 0.25) is 0 Å². The van der Waals surface area contributed by atoms with Gasteiger partial charge in [0, 0.05) is 29.1 Å². The molecule has 0 spiro atoms. The predicted octanol–water partition coefficient (Wildman–Crippen LogP) is 1.23. The minimum Gasteiger partial charge on any atom is -0.466 e. The number of ether oxygens (including phenoxy) is 1. The molecule has 1 N–H and O–H groups in total. The minimum absolute atomic E-state index is 0.120. The van der Waals surface area contributed by atoms with Gasteiger partial charge in [-0.3, -0.25) is 9.14 Å². The van der Waals surface area contributed by atoms with E-state index in [0.29, 0.717) is 13.0 Å². The summed E-state index contributed by atoms with van der Waals surface area (Å²) in [6.07, 6.45) is 1.30. The lowest BCUT2D eigenvalue weighted by molar-refractivity contribution is -0.143. The molecule has 0 heterocycles. The molecule has 0 radical (unpaired) electrons. The fourth-order valence-electron chi connectivity index (χ4n) is 0.533. The van der Waals surface area contributed by atoms with E-state index in [1.165, 1.54) is 0 Å². The van der Waals surface area contributed by atoms with Gasteiger partial charge in [0.1, 0.15) is 0 Å². The minimum atomic E-state index is -0.120. The average molecular weight is 210 g/mol. The Balaban J connectivity index is 3.05. The zero-order chi connectivity index (χ0) is 7.82. The molecule has 0 bridgehead atoms. The second-order valence-electron chi connectivity index (χ2n) is 1.79. The molecule has 4 heteroatoms. The summed E-state index contributed by atoms with van der Waals surface area (Å²) >= 11 is 3.04. The zero-order valence-corrected chi connectivity index (χ0v) is 7.61. The molecule has 0 saturated heterocycles. The van der Waals surface area contributed by atoms with Gasteiger partial charge in [0.05, 0.1) is 6.61 Å². The fraction of sp³-hybridized carbons (Fsp3) is 0.833. The molecule has 0 unspecified atom stereocenters. The lowest BCUT2D eigenvalue weighted by Gasteiger charge is -1.99. The van der Waals surface area contributed by atoms with E-state index < -0.39 is 0 Å². The van der Waals surface area contributed by atoms with Crippen LogP contribution in [-0.2, 0) is 9.53 Å². The molecule has 0 rings (SSSR count). The molecular weight excluding hydrogens is 198 g/mol. The van der Waals surface area contributed by atoms with Gasteiger partial charge in [-0.05, 0) is 13.3 Å². The van der Waals surface area contributed by atoms with E-state index in [1.54, 1.807) is 6.92 Å². The van der Waals surface area contributed by atoms with E-state index >= 15 is 0 Å². The molecule has 0 amide bonds. The Morgan fingerprint density at radius 3 is 2.90 bits per heavy atom. The van der Waals surface area contributed by atoms with E-state index in [2.05, 4.69) is 20.5 Å². The molecule has 0 aromatic heterocycles. The van der Waals surface area contributed by atoms with Crippen molar-refractivity contribution >= 4 is 22.1 Å². The Labute approximate surface area is 69.5 Å². The van der Waals surface area contributed by atoms with Gasteiger partial charge in [0.15, 0.2) is 0 Å². The van der Waals surface area contributed by atoms with Crippen LogP contribution in [0.15, 0.2) is 0 Å². The monoisotopic (exact) mass is 209 g/mol. The standard InChI is InChI=1S/C6H12BrNO2/c1-2-10-6(9)4-3-5-8-7/h8H,2-5H2,1H3. The van der Waals surface area contributed by atoms with E-state index in [4.69, 9.17) is 4.74 Å². The van der Waals surface area contributed by atoms with Crippen molar-refractivity contribution in [1.29, 1.82) is 0 Å². The predicted molar refractivity (Wildman–Crippen MR) is 42.8 cm³/mol. The van der Waals surface area contributed by atoms with Gasteiger partial charge in [-0.25, -0.2) is 0 Å². The largest absolute Gasteiger partial charge is 0.466 e. The third-order valence-electron chi connectivity index (χ3n) is 0.957. The first-order chi connectivity index (χ1) is 4.81. The molecule has 0 atom stereocenters. The molecular formula is C6H12BrNO2. The number of hydrogen-bond acceptors (Lipinski definition) is 3. The highest BCUT2D eigenvalue weighted by molar-refractivity contribution is 9.08. The van der Waals surface area contributed by atoms with Crippen LogP contribution in [0, 0.1) is 0 Å². The Kier molecular flexibility index (Phi) is 6.96. The van der Waals surface area contributed by atoms with Crippen molar-refractivity contribution in [3.05, 3.63) is 0 Å².